The number of nitrogen functional groups attached to an aromatic ring is 1. The van der Waals surface area contributed by atoms with Gasteiger partial charge in [0, 0.05) is 61.4 Å². The third-order valence-electron chi connectivity index (χ3n) is 4.78. The predicted octanol–water partition coefficient (Wildman–Crippen LogP) is 5.89. The number of nitrogens with zero attached hydrogens (tertiary/aromatic N) is 6. The second kappa shape index (κ2) is 11.3. The van der Waals surface area contributed by atoms with Crippen LogP contribution in [0.4, 0.5) is 34.3 Å². The van der Waals surface area contributed by atoms with E-state index < -0.39 is 4.92 Å². The number of hydrogen-bond acceptors (Lipinski definition) is 8. The molecule has 0 radical (unpaired) electrons. The number of hydrogen-bond donors (Lipinski definition) is 1. The molecule has 11 heteroatoms. The van der Waals surface area contributed by atoms with Gasteiger partial charge in [0.2, 0.25) is 5.28 Å². The minimum absolute atomic E-state index is 0.0490. The summed E-state index contributed by atoms with van der Waals surface area (Å²) < 4.78 is 0. The number of halogens is 2. The maximum atomic E-state index is 10.6. The largest absolute Gasteiger partial charge is 0.399 e. The molecule has 4 rings (SSSR count). The van der Waals surface area contributed by atoms with Crippen molar-refractivity contribution in [2.75, 3.05) is 29.6 Å². The topological polar surface area (TPSA) is 114 Å². The van der Waals surface area contributed by atoms with E-state index in [9.17, 15) is 10.1 Å². The van der Waals surface area contributed by atoms with Crippen molar-refractivity contribution in [1.29, 1.82) is 0 Å². The molecule has 0 aliphatic rings. The van der Waals surface area contributed by atoms with Crippen LogP contribution in [-0.4, -0.2) is 34.0 Å². The molecule has 2 N–H and O–H groups in total. The highest BCUT2D eigenvalue weighted by Crippen LogP contribution is 2.26. The van der Waals surface area contributed by atoms with Crippen LogP contribution in [0.15, 0.2) is 79.1 Å². The van der Waals surface area contributed by atoms with Gasteiger partial charge in [-0.1, -0.05) is 11.6 Å². The first-order valence-electron chi connectivity index (χ1n) is 9.92. The Bertz CT molecular complexity index is 1250. The van der Waals surface area contributed by atoms with Gasteiger partial charge < -0.3 is 15.5 Å². The van der Waals surface area contributed by atoms with E-state index in [-0.39, 0.29) is 11.0 Å². The smallest absolute Gasteiger partial charge is 0.269 e. The van der Waals surface area contributed by atoms with E-state index in [1.165, 1.54) is 12.1 Å². The van der Waals surface area contributed by atoms with Gasteiger partial charge in [0.15, 0.2) is 0 Å². The molecule has 2 aromatic heterocycles. The molecule has 34 heavy (non-hydrogen) atoms. The van der Waals surface area contributed by atoms with Gasteiger partial charge in [-0.2, -0.15) is 0 Å². The molecule has 174 valence electrons. The van der Waals surface area contributed by atoms with E-state index in [1.54, 1.807) is 42.5 Å². The van der Waals surface area contributed by atoms with Gasteiger partial charge in [0.1, 0.15) is 11.0 Å². The van der Waals surface area contributed by atoms with Crippen LogP contribution in [0.2, 0.25) is 10.4 Å². The molecule has 2 heterocycles. The number of nitro groups is 1. The number of nitro benzene ring substituents is 1. The quantitative estimate of drug-likeness (QED) is 0.119. The summed E-state index contributed by atoms with van der Waals surface area (Å²) in [6.45, 7) is 0. The van der Waals surface area contributed by atoms with Crippen LogP contribution < -0.4 is 15.5 Å². The third-order valence-corrected chi connectivity index (χ3v) is 5.17. The number of aromatic nitrogens is 3. The standard InChI is InChI=1S/C12H12ClN3.C11H9ClN4O2/c1-16(10-4-2-9(14)3-5-10)11-6-7-15-12(13)8-11;1-15(10-6-7-13-11(12)14-10)8-2-4-9(5-3-8)16(17)18/h2-8H,14H2,1H3;2-7H,1H3. The molecule has 0 saturated heterocycles. The van der Waals surface area contributed by atoms with E-state index in [0.29, 0.717) is 11.0 Å². The summed E-state index contributed by atoms with van der Waals surface area (Å²) in [4.78, 5) is 25.7. The van der Waals surface area contributed by atoms with Crippen molar-refractivity contribution in [3.8, 4) is 0 Å². The molecule has 0 spiro atoms. The number of nitrogens with two attached hydrogens (primary N) is 1. The summed E-state index contributed by atoms with van der Waals surface area (Å²) in [7, 11) is 3.76. The molecule has 4 aromatic rings. The van der Waals surface area contributed by atoms with E-state index >= 15 is 0 Å². The van der Waals surface area contributed by atoms with Crippen molar-refractivity contribution in [3.05, 3.63) is 99.7 Å². The molecule has 0 saturated carbocycles. The Balaban J connectivity index is 0.000000192. The van der Waals surface area contributed by atoms with Gasteiger partial charge in [-0.3, -0.25) is 10.1 Å². The Labute approximate surface area is 206 Å². The molecular formula is C23H21Cl2N7O2. The first kappa shape index (κ1) is 24.7. The SMILES string of the molecule is CN(c1ccc(N)cc1)c1ccnc(Cl)c1.CN(c1ccc([N+](=O)[O-])cc1)c1ccnc(Cl)n1. The Morgan fingerprint density at radius 1 is 0.824 bits per heavy atom. The average molecular weight is 498 g/mol. The molecule has 0 bridgehead atoms. The maximum Gasteiger partial charge on any atom is 0.269 e. The van der Waals surface area contributed by atoms with Gasteiger partial charge in [-0.15, -0.1) is 0 Å². The van der Waals surface area contributed by atoms with Crippen LogP contribution >= 0.6 is 23.2 Å². The fourth-order valence-corrected chi connectivity index (χ4v) is 3.20. The normalized spacial score (nSPS) is 10.1. The highest BCUT2D eigenvalue weighted by molar-refractivity contribution is 6.29. The third kappa shape index (κ3) is 6.53. The lowest BCUT2D eigenvalue weighted by atomic mass is 10.2. The van der Waals surface area contributed by atoms with Crippen LogP contribution in [-0.2, 0) is 0 Å². The van der Waals surface area contributed by atoms with Crippen LogP contribution in [0.5, 0.6) is 0 Å². The fraction of sp³-hybridized carbons (Fsp3) is 0.0870. The maximum absolute atomic E-state index is 10.6. The molecule has 0 unspecified atom stereocenters. The molecule has 0 aliphatic heterocycles. The molecule has 2 aromatic carbocycles. The van der Waals surface area contributed by atoms with Crippen molar-refractivity contribution in [1.82, 2.24) is 15.0 Å². The zero-order valence-electron chi connectivity index (χ0n) is 18.3. The van der Waals surface area contributed by atoms with Gasteiger partial charge >= 0.3 is 0 Å². The second-order valence-corrected chi connectivity index (χ2v) is 7.73. The van der Waals surface area contributed by atoms with E-state index in [1.807, 2.05) is 48.3 Å². The molecule has 9 nitrogen and oxygen atoms in total. The van der Waals surface area contributed by atoms with Crippen LogP contribution in [0, 0.1) is 10.1 Å². The van der Waals surface area contributed by atoms with Crippen LogP contribution in [0.25, 0.3) is 0 Å². The Hall–Kier alpha value is -3.95. The number of non-ortho nitro benzene ring substituents is 1. The second-order valence-electron chi connectivity index (χ2n) is 7.00. The summed E-state index contributed by atoms with van der Waals surface area (Å²) in [6.07, 6.45) is 3.23. The molecule has 0 atom stereocenters. The van der Waals surface area contributed by atoms with E-state index in [4.69, 9.17) is 28.9 Å². The average Bonchev–Trinajstić information content (AvgIpc) is 2.84. The minimum atomic E-state index is -0.439. The lowest BCUT2D eigenvalue weighted by molar-refractivity contribution is -0.384. The monoisotopic (exact) mass is 497 g/mol. The zero-order chi connectivity index (χ0) is 24.7. The van der Waals surface area contributed by atoms with Gasteiger partial charge in [0.05, 0.1) is 4.92 Å². The number of anilines is 5. The van der Waals surface area contributed by atoms with Gasteiger partial charge in [0.25, 0.3) is 5.69 Å². The zero-order valence-corrected chi connectivity index (χ0v) is 19.9. The highest BCUT2D eigenvalue weighted by atomic mass is 35.5. The van der Waals surface area contributed by atoms with Crippen molar-refractivity contribution in [2.45, 2.75) is 0 Å². The Kier molecular flexibility index (Phi) is 8.18. The summed E-state index contributed by atoms with van der Waals surface area (Å²) in [5.74, 6) is 0.615. The lowest BCUT2D eigenvalue weighted by Gasteiger charge is -2.19. The Morgan fingerprint density at radius 2 is 1.41 bits per heavy atom. The van der Waals surface area contributed by atoms with Crippen LogP contribution in [0.3, 0.4) is 0 Å². The van der Waals surface area contributed by atoms with Crippen molar-refractivity contribution < 1.29 is 4.92 Å². The highest BCUT2D eigenvalue weighted by Gasteiger charge is 2.09. The molecule has 0 fully saturated rings. The van der Waals surface area contributed by atoms with Crippen molar-refractivity contribution >= 4 is 57.5 Å². The summed E-state index contributed by atoms with van der Waals surface area (Å²) in [6, 6.07) is 19.3. The van der Waals surface area contributed by atoms with Crippen LogP contribution in [0.1, 0.15) is 0 Å². The lowest BCUT2D eigenvalue weighted by Crippen LogP contribution is -2.11. The predicted molar refractivity (Wildman–Crippen MR) is 136 cm³/mol. The number of benzene rings is 2. The van der Waals surface area contributed by atoms with Gasteiger partial charge in [-0.05, 0) is 66.2 Å². The van der Waals surface area contributed by atoms with Crippen molar-refractivity contribution in [2.24, 2.45) is 0 Å². The molecule has 0 aliphatic carbocycles. The summed E-state index contributed by atoms with van der Waals surface area (Å²) in [5.41, 5.74) is 9.26. The molecule has 0 amide bonds. The first-order valence-corrected chi connectivity index (χ1v) is 10.7. The number of rotatable bonds is 5. The Morgan fingerprint density at radius 3 is 2.00 bits per heavy atom. The molecular weight excluding hydrogens is 477 g/mol. The van der Waals surface area contributed by atoms with E-state index in [2.05, 4.69) is 15.0 Å². The minimum Gasteiger partial charge on any atom is -0.399 e. The summed E-state index contributed by atoms with van der Waals surface area (Å²) >= 11 is 11.5. The van der Waals surface area contributed by atoms with Gasteiger partial charge in [-0.25, -0.2) is 15.0 Å². The first-order chi connectivity index (χ1) is 16.2. The summed E-state index contributed by atoms with van der Waals surface area (Å²) in [5, 5.41) is 11.2. The fourth-order valence-electron chi connectivity index (χ4n) is 2.89. The number of pyridine rings is 1. The van der Waals surface area contributed by atoms with E-state index in [0.717, 1.165) is 22.7 Å². The van der Waals surface area contributed by atoms with Crippen molar-refractivity contribution in [3.63, 3.8) is 0 Å².